The molecule has 0 spiro atoms. The van der Waals surface area contributed by atoms with Crippen LogP contribution in [0.2, 0.25) is 0 Å². The maximum atomic E-state index is 10.9. The first-order chi connectivity index (χ1) is 7.90. The van der Waals surface area contributed by atoms with Crippen molar-refractivity contribution in [3.05, 3.63) is 0 Å². The van der Waals surface area contributed by atoms with Gasteiger partial charge in [0.05, 0.1) is 6.42 Å². The van der Waals surface area contributed by atoms with Gasteiger partial charge in [-0.3, -0.25) is 9.59 Å². The standard InChI is InChI=1S/C9H17NO3.C4H10/c1-2-3-4-7-10-8(11)5-6-9(12)13;1-4(2)3/h2-7H2,1H3,(H,10,11)(H,12,13);4H,1-3H3. The van der Waals surface area contributed by atoms with Crippen molar-refractivity contribution in [1.29, 1.82) is 0 Å². The quantitative estimate of drug-likeness (QED) is 0.678. The molecule has 0 aromatic heterocycles. The molecule has 0 saturated carbocycles. The zero-order valence-corrected chi connectivity index (χ0v) is 11.6. The van der Waals surface area contributed by atoms with Gasteiger partial charge in [0.25, 0.3) is 0 Å². The van der Waals surface area contributed by atoms with E-state index < -0.39 is 5.97 Å². The number of carboxylic acid groups (broad SMARTS) is 1. The van der Waals surface area contributed by atoms with Gasteiger partial charge in [-0.15, -0.1) is 0 Å². The fraction of sp³-hybridized carbons (Fsp3) is 0.846. The van der Waals surface area contributed by atoms with E-state index in [9.17, 15) is 9.59 Å². The summed E-state index contributed by atoms with van der Waals surface area (Å²) in [5.74, 6) is -0.262. The molecule has 0 aromatic rings. The predicted molar refractivity (Wildman–Crippen MR) is 69.9 cm³/mol. The van der Waals surface area contributed by atoms with Crippen molar-refractivity contribution in [3.8, 4) is 0 Å². The number of rotatable bonds is 7. The molecule has 0 fully saturated rings. The lowest BCUT2D eigenvalue weighted by molar-refractivity contribution is -0.138. The Bertz CT molecular complexity index is 200. The summed E-state index contributed by atoms with van der Waals surface area (Å²) < 4.78 is 0. The number of carboxylic acids is 1. The van der Waals surface area contributed by atoms with Gasteiger partial charge in [0.15, 0.2) is 0 Å². The predicted octanol–water partition coefficient (Wildman–Crippen LogP) is 2.82. The number of hydrogen-bond donors (Lipinski definition) is 2. The molecule has 0 radical (unpaired) electrons. The van der Waals surface area contributed by atoms with Gasteiger partial charge in [-0.25, -0.2) is 0 Å². The summed E-state index contributed by atoms with van der Waals surface area (Å²) in [6.45, 7) is 9.25. The largest absolute Gasteiger partial charge is 0.481 e. The topological polar surface area (TPSA) is 66.4 Å². The minimum atomic E-state index is -0.927. The van der Waals surface area contributed by atoms with Crippen LogP contribution in [0.5, 0.6) is 0 Å². The summed E-state index contributed by atoms with van der Waals surface area (Å²) in [7, 11) is 0. The number of carbonyl (C=O) groups is 2. The molecule has 0 atom stereocenters. The zero-order valence-electron chi connectivity index (χ0n) is 11.6. The molecular formula is C13H27NO3. The van der Waals surface area contributed by atoms with Crippen molar-refractivity contribution >= 4 is 11.9 Å². The van der Waals surface area contributed by atoms with Crippen LogP contribution < -0.4 is 5.32 Å². The zero-order chi connectivity index (χ0) is 13.7. The van der Waals surface area contributed by atoms with Gasteiger partial charge < -0.3 is 10.4 Å². The van der Waals surface area contributed by atoms with E-state index in [4.69, 9.17) is 5.11 Å². The summed E-state index contributed by atoms with van der Waals surface area (Å²) in [5.41, 5.74) is 0. The summed E-state index contributed by atoms with van der Waals surface area (Å²) >= 11 is 0. The lowest BCUT2D eigenvalue weighted by Gasteiger charge is -2.02. The van der Waals surface area contributed by atoms with Crippen LogP contribution in [0.15, 0.2) is 0 Å². The minimum absolute atomic E-state index is 0.0837. The third kappa shape index (κ3) is 25.3. The van der Waals surface area contributed by atoms with E-state index in [1.54, 1.807) is 0 Å². The summed E-state index contributed by atoms with van der Waals surface area (Å²) in [6, 6.07) is 0. The Morgan fingerprint density at radius 1 is 1.12 bits per heavy atom. The molecule has 0 aliphatic heterocycles. The van der Waals surface area contributed by atoms with Gasteiger partial charge in [-0.1, -0.05) is 40.5 Å². The van der Waals surface area contributed by atoms with Crippen LogP contribution in [0.3, 0.4) is 0 Å². The van der Waals surface area contributed by atoms with Gasteiger partial charge in [-0.2, -0.15) is 0 Å². The molecule has 0 unspecified atom stereocenters. The Kier molecular flexibility index (Phi) is 14.0. The highest BCUT2D eigenvalue weighted by Gasteiger charge is 2.03. The Balaban J connectivity index is 0. The van der Waals surface area contributed by atoms with E-state index in [0.29, 0.717) is 6.54 Å². The van der Waals surface area contributed by atoms with E-state index in [2.05, 4.69) is 33.0 Å². The van der Waals surface area contributed by atoms with Crippen LogP contribution in [0.25, 0.3) is 0 Å². The molecule has 0 bridgehead atoms. The highest BCUT2D eigenvalue weighted by atomic mass is 16.4. The van der Waals surface area contributed by atoms with Crippen LogP contribution in [0.4, 0.5) is 0 Å². The van der Waals surface area contributed by atoms with Crippen molar-refractivity contribution in [2.75, 3.05) is 6.54 Å². The van der Waals surface area contributed by atoms with Gasteiger partial charge in [0.2, 0.25) is 5.91 Å². The summed E-state index contributed by atoms with van der Waals surface area (Å²) in [5, 5.41) is 11.0. The smallest absolute Gasteiger partial charge is 0.303 e. The average molecular weight is 245 g/mol. The molecule has 0 aromatic carbocycles. The van der Waals surface area contributed by atoms with E-state index >= 15 is 0 Å². The number of nitrogens with one attached hydrogen (secondary N) is 1. The SMILES string of the molecule is CC(C)C.CCCCCNC(=O)CCC(=O)O. The highest BCUT2D eigenvalue weighted by Crippen LogP contribution is 1.93. The molecule has 102 valence electrons. The lowest BCUT2D eigenvalue weighted by atomic mass is 10.2. The normalized spacial score (nSPS) is 9.47. The Hall–Kier alpha value is -1.06. The minimum Gasteiger partial charge on any atom is -0.481 e. The second-order valence-corrected chi connectivity index (χ2v) is 4.68. The molecule has 0 aliphatic carbocycles. The van der Waals surface area contributed by atoms with Crippen LogP contribution >= 0.6 is 0 Å². The molecule has 0 aliphatic rings. The van der Waals surface area contributed by atoms with Crippen LogP contribution in [0, 0.1) is 5.92 Å². The van der Waals surface area contributed by atoms with E-state index in [0.717, 1.165) is 25.2 Å². The first-order valence-corrected chi connectivity index (χ1v) is 6.38. The van der Waals surface area contributed by atoms with Crippen LogP contribution in [0.1, 0.15) is 59.8 Å². The molecule has 1 amide bonds. The monoisotopic (exact) mass is 245 g/mol. The molecule has 4 nitrogen and oxygen atoms in total. The second kappa shape index (κ2) is 13.0. The Labute approximate surface area is 105 Å². The second-order valence-electron chi connectivity index (χ2n) is 4.68. The molecule has 17 heavy (non-hydrogen) atoms. The van der Waals surface area contributed by atoms with E-state index in [1.165, 1.54) is 0 Å². The Morgan fingerprint density at radius 3 is 2.06 bits per heavy atom. The van der Waals surface area contributed by atoms with Crippen molar-refractivity contribution in [3.63, 3.8) is 0 Å². The number of hydrogen-bond acceptors (Lipinski definition) is 2. The fourth-order valence-electron chi connectivity index (χ4n) is 0.912. The Morgan fingerprint density at radius 2 is 1.65 bits per heavy atom. The average Bonchev–Trinajstić information content (AvgIpc) is 2.20. The van der Waals surface area contributed by atoms with Gasteiger partial charge in [-0.05, 0) is 12.3 Å². The number of aliphatic carboxylic acids is 1. The lowest BCUT2D eigenvalue weighted by Crippen LogP contribution is -2.24. The maximum absolute atomic E-state index is 10.9. The molecular weight excluding hydrogens is 218 g/mol. The third-order valence-corrected chi connectivity index (χ3v) is 1.67. The van der Waals surface area contributed by atoms with Crippen LogP contribution in [-0.2, 0) is 9.59 Å². The third-order valence-electron chi connectivity index (χ3n) is 1.67. The highest BCUT2D eigenvalue weighted by molar-refractivity contribution is 5.80. The number of unbranched alkanes of at least 4 members (excludes halogenated alkanes) is 2. The molecule has 0 heterocycles. The summed E-state index contributed by atoms with van der Waals surface area (Å²) in [6.07, 6.45) is 3.18. The first-order valence-electron chi connectivity index (χ1n) is 6.38. The molecule has 0 rings (SSSR count). The molecule has 2 N–H and O–H groups in total. The number of carbonyl (C=O) groups excluding carboxylic acids is 1. The summed E-state index contributed by atoms with van der Waals surface area (Å²) in [4.78, 5) is 21.0. The maximum Gasteiger partial charge on any atom is 0.303 e. The van der Waals surface area contributed by atoms with Crippen molar-refractivity contribution in [2.24, 2.45) is 5.92 Å². The fourth-order valence-corrected chi connectivity index (χ4v) is 0.912. The van der Waals surface area contributed by atoms with E-state index in [-0.39, 0.29) is 18.7 Å². The van der Waals surface area contributed by atoms with Crippen molar-refractivity contribution in [1.82, 2.24) is 5.32 Å². The van der Waals surface area contributed by atoms with Crippen molar-refractivity contribution < 1.29 is 14.7 Å². The number of amides is 1. The first kappa shape index (κ1) is 18.3. The molecule has 4 heteroatoms. The van der Waals surface area contributed by atoms with Gasteiger partial charge >= 0.3 is 5.97 Å². The van der Waals surface area contributed by atoms with Gasteiger partial charge in [0, 0.05) is 13.0 Å². The molecule has 0 saturated heterocycles. The van der Waals surface area contributed by atoms with Crippen LogP contribution in [-0.4, -0.2) is 23.5 Å². The van der Waals surface area contributed by atoms with Gasteiger partial charge in [0.1, 0.15) is 0 Å². The van der Waals surface area contributed by atoms with Crippen molar-refractivity contribution in [2.45, 2.75) is 59.8 Å². The van der Waals surface area contributed by atoms with E-state index in [1.807, 2.05) is 0 Å².